The molecule has 1 aliphatic rings. The highest BCUT2D eigenvalue weighted by atomic mass is 35.5. The molecule has 3 nitrogen and oxygen atoms in total. The molecule has 168 valence electrons. The second-order valence-electron chi connectivity index (χ2n) is 8.15. The number of hydrogen-bond acceptors (Lipinski definition) is 3. The van der Waals surface area contributed by atoms with E-state index < -0.39 is 5.97 Å². The molecular formula is C29H22ClNO2S. The van der Waals surface area contributed by atoms with Gasteiger partial charge in [0, 0.05) is 16.2 Å². The van der Waals surface area contributed by atoms with E-state index in [-0.39, 0.29) is 11.7 Å². The summed E-state index contributed by atoms with van der Waals surface area (Å²) in [5.41, 5.74) is 7.53. The van der Waals surface area contributed by atoms with Gasteiger partial charge in [-0.3, -0.25) is 4.79 Å². The molecule has 0 bridgehead atoms. The lowest BCUT2D eigenvalue weighted by molar-refractivity contribution is -0.136. The number of pyridine rings is 1. The van der Waals surface area contributed by atoms with Crippen molar-refractivity contribution in [2.45, 2.75) is 11.7 Å². The minimum Gasteiger partial charge on any atom is -0.481 e. The van der Waals surface area contributed by atoms with Gasteiger partial charge in [-0.2, -0.15) is 0 Å². The molecule has 1 aromatic heterocycles. The number of thioether (sulfide) groups is 1. The van der Waals surface area contributed by atoms with E-state index in [9.17, 15) is 4.79 Å². The van der Waals surface area contributed by atoms with E-state index in [1.165, 1.54) is 16.7 Å². The minimum absolute atomic E-state index is 0.0647. The number of carbonyl (C=O) groups is 1. The third-order valence-corrected chi connectivity index (χ3v) is 7.35. The fourth-order valence-electron chi connectivity index (χ4n) is 4.15. The van der Waals surface area contributed by atoms with Crippen molar-refractivity contribution in [1.82, 2.24) is 4.98 Å². The molecule has 0 aliphatic heterocycles. The number of benzene rings is 3. The van der Waals surface area contributed by atoms with E-state index in [4.69, 9.17) is 21.7 Å². The number of nitrogens with zero attached hydrogens (tertiary/aromatic N) is 1. The van der Waals surface area contributed by atoms with Gasteiger partial charge in [-0.15, -0.1) is 11.8 Å². The van der Waals surface area contributed by atoms with Crippen LogP contribution in [0.25, 0.3) is 35.2 Å². The molecule has 5 heteroatoms. The first-order valence-corrected chi connectivity index (χ1v) is 12.5. The Hall–Kier alpha value is -3.34. The predicted molar refractivity (Wildman–Crippen MR) is 144 cm³/mol. The first-order chi connectivity index (χ1) is 16.6. The number of aliphatic carboxylic acids is 1. The van der Waals surface area contributed by atoms with Crippen molar-refractivity contribution in [3.8, 4) is 0 Å². The molecule has 0 saturated carbocycles. The second kappa shape index (κ2) is 9.88. The number of aromatic nitrogens is 1. The predicted octanol–water partition coefficient (Wildman–Crippen LogP) is 7.84. The molecule has 1 aliphatic carbocycles. The molecular weight excluding hydrogens is 462 g/mol. The Morgan fingerprint density at radius 2 is 1.74 bits per heavy atom. The topological polar surface area (TPSA) is 50.2 Å². The maximum atomic E-state index is 11.1. The number of hydrogen-bond donors (Lipinski definition) is 1. The summed E-state index contributed by atoms with van der Waals surface area (Å²) in [4.78, 5) is 15.8. The van der Waals surface area contributed by atoms with Crippen LogP contribution in [0.3, 0.4) is 0 Å². The minimum atomic E-state index is -0.770. The van der Waals surface area contributed by atoms with Crippen molar-refractivity contribution in [2.75, 3.05) is 5.75 Å². The fraction of sp³-hybridized carbons (Fsp3) is 0.103. The summed E-state index contributed by atoms with van der Waals surface area (Å²) in [6, 6.07) is 24.5. The summed E-state index contributed by atoms with van der Waals surface area (Å²) in [6.07, 6.45) is 8.51. The molecule has 4 aromatic rings. The molecule has 5 rings (SSSR count). The van der Waals surface area contributed by atoms with Crippen molar-refractivity contribution in [1.29, 1.82) is 0 Å². The molecule has 0 spiro atoms. The standard InChI is InChI=1S/C29H22ClNO2S/c30-23-12-10-22-11-14-24(31-27(22)18-23)13-6-19-5-7-21-9-8-20-3-1-2-4-25(20)29(26(21)17-19)34-16-15-28(32)33/h1-14,17-18,29H,15-16H2,(H,32,33)/b13-6+. The molecule has 1 unspecified atom stereocenters. The summed E-state index contributed by atoms with van der Waals surface area (Å²) < 4.78 is 0. The van der Waals surface area contributed by atoms with Gasteiger partial charge in [-0.05, 0) is 58.2 Å². The molecule has 3 aromatic carbocycles. The Morgan fingerprint density at radius 3 is 2.59 bits per heavy atom. The zero-order valence-electron chi connectivity index (χ0n) is 18.3. The average Bonchev–Trinajstić information content (AvgIpc) is 2.99. The zero-order valence-corrected chi connectivity index (χ0v) is 19.9. The van der Waals surface area contributed by atoms with Crippen LogP contribution in [0.1, 0.15) is 45.2 Å². The van der Waals surface area contributed by atoms with Crippen LogP contribution in [0.2, 0.25) is 5.02 Å². The highest BCUT2D eigenvalue weighted by Gasteiger charge is 2.22. The molecule has 0 saturated heterocycles. The lowest BCUT2D eigenvalue weighted by Gasteiger charge is -2.20. The highest BCUT2D eigenvalue weighted by Crippen LogP contribution is 2.42. The van der Waals surface area contributed by atoms with Crippen molar-refractivity contribution in [2.24, 2.45) is 0 Å². The molecule has 34 heavy (non-hydrogen) atoms. The fourth-order valence-corrected chi connectivity index (χ4v) is 5.62. The summed E-state index contributed by atoms with van der Waals surface area (Å²) in [5, 5.41) is 10.9. The molecule has 1 heterocycles. The maximum absolute atomic E-state index is 11.1. The van der Waals surface area contributed by atoms with Gasteiger partial charge in [0.15, 0.2) is 0 Å². The van der Waals surface area contributed by atoms with Gasteiger partial charge >= 0.3 is 5.97 Å². The Bertz CT molecular complexity index is 1440. The summed E-state index contributed by atoms with van der Waals surface area (Å²) in [6.45, 7) is 0. The highest BCUT2D eigenvalue weighted by molar-refractivity contribution is 7.99. The molecule has 1 N–H and O–H groups in total. The van der Waals surface area contributed by atoms with Gasteiger partial charge in [0.1, 0.15) is 0 Å². The van der Waals surface area contributed by atoms with Crippen LogP contribution < -0.4 is 0 Å². The van der Waals surface area contributed by atoms with Gasteiger partial charge in [0.2, 0.25) is 0 Å². The zero-order chi connectivity index (χ0) is 23.5. The Balaban J connectivity index is 1.48. The smallest absolute Gasteiger partial charge is 0.304 e. The Labute approximate surface area is 207 Å². The van der Waals surface area contributed by atoms with Gasteiger partial charge in [-0.25, -0.2) is 4.98 Å². The number of halogens is 1. The van der Waals surface area contributed by atoms with Gasteiger partial charge in [0.05, 0.1) is 22.9 Å². The Kier molecular flexibility index (Phi) is 6.52. The van der Waals surface area contributed by atoms with Crippen molar-refractivity contribution >= 4 is 64.5 Å². The van der Waals surface area contributed by atoms with Crippen LogP contribution in [-0.2, 0) is 4.79 Å². The number of fused-ring (bicyclic) bond motifs is 3. The lowest BCUT2D eigenvalue weighted by Crippen LogP contribution is -2.04. The third kappa shape index (κ3) is 4.93. The van der Waals surface area contributed by atoms with E-state index in [1.54, 1.807) is 11.8 Å². The van der Waals surface area contributed by atoms with Crippen LogP contribution in [0.5, 0.6) is 0 Å². The first kappa shape index (κ1) is 22.5. The van der Waals surface area contributed by atoms with Crippen molar-refractivity contribution in [3.05, 3.63) is 111 Å². The molecule has 0 amide bonds. The summed E-state index contributed by atoms with van der Waals surface area (Å²) >= 11 is 7.81. The van der Waals surface area contributed by atoms with Crippen LogP contribution >= 0.6 is 23.4 Å². The number of rotatable bonds is 6. The second-order valence-corrected chi connectivity index (χ2v) is 9.80. The monoisotopic (exact) mass is 483 g/mol. The normalized spacial score (nSPS) is 14.7. The Morgan fingerprint density at radius 1 is 0.941 bits per heavy atom. The van der Waals surface area contributed by atoms with E-state index in [0.29, 0.717) is 10.8 Å². The maximum Gasteiger partial charge on any atom is 0.304 e. The van der Waals surface area contributed by atoms with E-state index in [2.05, 4.69) is 48.6 Å². The summed E-state index contributed by atoms with van der Waals surface area (Å²) in [7, 11) is 0. The molecule has 0 fully saturated rings. The quantitative estimate of drug-likeness (QED) is 0.303. The molecule has 0 radical (unpaired) electrons. The largest absolute Gasteiger partial charge is 0.481 e. The van der Waals surface area contributed by atoms with Crippen molar-refractivity contribution < 1.29 is 9.90 Å². The average molecular weight is 484 g/mol. The van der Waals surface area contributed by atoms with E-state index in [1.807, 2.05) is 48.5 Å². The van der Waals surface area contributed by atoms with Crippen LogP contribution in [0, 0.1) is 0 Å². The number of carboxylic acids is 1. The lowest BCUT2D eigenvalue weighted by atomic mass is 9.97. The van der Waals surface area contributed by atoms with E-state index in [0.717, 1.165) is 27.7 Å². The third-order valence-electron chi connectivity index (χ3n) is 5.84. The van der Waals surface area contributed by atoms with Crippen LogP contribution in [0.15, 0.2) is 72.8 Å². The SMILES string of the molecule is O=C(O)CCSC1c2ccccc2C=Cc2ccc(/C=C/c3ccc4ccc(Cl)cc4n3)cc21. The summed E-state index contributed by atoms with van der Waals surface area (Å²) in [5.74, 6) is -0.217. The van der Waals surface area contributed by atoms with Gasteiger partial charge in [-0.1, -0.05) is 78.4 Å². The number of carboxylic acid groups (broad SMARTS) is 1. The van der Waals surface area contributed by atoms with Gasteiger partial charge < -0.3 is 5.11 Å². The first-order valence-electron chi connectivity index (χ1n) is 11.1. The van der Waals surface area contributed by atoms with Gasteiger partial charge in [0.25, 0.3) is 0 Å². The van der Waals surface area contributed by atoms with Crippen molar-refractivity contribution in [3.63, 3.8) is 0 Å². The van der Waals surface area contributed by atoms with Crippen LogP contribution in [0.4, 0.5) is 0 Å². The van der Waals surface area contributed by atoms with E-state index >= 15 is 0 Å². The molecule has 1 atom stereocenters. The van der Waals surface area contributed by atoms with Crippen LogP contribution in [-0.4, -0.2) is 21.8 Å².